The molecule has 1 aliphatic rings. The zero-order valence-electron chi connectivity index (χ0n) is 19.4. The molecule has 0 aliphatic carbocycles. The highest BCUT2D eigenvalue weighted by atomic mass is 32.2. The van der Waals surface area contributed by atoms with E-state index in [2.05, 4.69) is 5.10 Å². The predicted molar refractivity (Wildman–Crippen MR) is 130 cm³/mol. The number of carbonyl (C=O) groups is 1. The molecular weight excluding hydrogens is 513 g/mol. The number of halogens is 3. The molecule has 9 nitrogen and oxygen atoms in total. The van der Waals surface area contributed by atoms with Gasteiger partial charge in [0.2, 0.25) is 11.3 Å². The molecule has 2 aromatic carbocycles. The Balaban J connectivity index is 1.55. The fraction of sp³-hybridized carbons (Fsp3) is 0.292. The van der Waals surface area contributed by atoms with E-state index < -0.39 is 34.9 Å². The maximum atomic E-state index is 13.7. The lowest BCUT2D eigenvalue weighted by molar-refractivity contribution is -0.246. The third-order valence-corrected chi connectivity index (χ3v) is 6.90. The SMILES string of the molecule is O=C(O)N(CCN1CCSCC1(O)O)c1cccc(Cc2nn(-c3cc(F)c(F)c(F)c3)ccc2=O)c1. The summed E-state index contributed by atoms with van der Waals surface area (Å²) >= 11 is 1.39. The molecule has 1 aromatic heterocycles. The fourth-order valence-electron chi connectivity index (χ4n) is 3.92. The minimum absolute atomic E-state index is 0.0165. The van der Waals surface area contributed by atoms with Gasteiger partial charge in [0.15, 0.2) is 17.5 Å². The van der Waals surface area contributed by atoms with E-state index in [0.717, 1.165) is 27.8 Å². The summed E-state index contributed by atoms with van der Waals surface area (Å²) in [5.74, 6) is -5.67. The van der Waals surface area contributed by atoms with Gasteiger partial charge >= 0.3 is 6.09 Å². The van der Waals surface area contributed by atoms with E-state index in [1.54, 1.807) is 24.3 Å². The average molecular weight is 537 g/mol. The van der Waals surface area contributed by atoms with Crippen molar-refractivity contribution in [3.8, 4) is 5.69 Å². The Bertz CT molecular complexity index is 1350. The molecule has 4 rings (SSSR count). The normalized spacial score (nSPS) is 15.5. The van der Waals surface area contributed by atoms with Gasteiger partial charge < -0.3 is 15.3 Å². The largest absolute Gasteiger partial charge is 0.465 e. The maximum Gasteiger partial charge on any atom is 0.411 e. The summed E-state index contributed by atoms with van der Waals surface area (Å²) in [7, 11) is 0. The van der Waals surface area contributed by atoms with E-state index in [9.17, 15) is 38.1 Å². The summed E-state index contributed by atoms with van der Waals surface area (Å²) in [6.45, 7) is 0.434. The number of carboxylic acid groups (broad SMARTS) is 1. The topological polar surface area (TPSA) is 119 Å². The van der Waals surface area contributed by atoms with Crippen LogP contribution in [0.4, 0.5) is 23.7 Å². The number of hydrogen-bond donors (Lipinski definition) is 3. The Morgan fingerprint density at radius 3 is 2.54 bits per heavy atom. The quantitative estimate of drug-likeness (QED) is 0.311. The van der Waals surface area contributed by atoms with Crippen molar-refractivity contribution in [3.05, 3.63) is 87.6 Å². The second-order valence-corrected chi connectivity index (χ2v) is 9.49. The Hall–Kier alpha value is -3.39. The van der Waals surface area contributed by atoms with E-state index in [1.165, 1.54) is 22.9 Å². The Kier molecular flexibility index (Phi) is 7.87. The molecule has 3 N–H and O–H groups in total. The lowest BCUT2D eigenvalue weighted by atomic mass is 10.1. The van der Waals surface area contributed by atoms with Gasteiger partial charge in [0.25, 0.3) is 0 Å². The third kappa shape index (κ3) is 6.13. The van der Waals surface area contributed by atoms with Crippen molar-refractivity contribution in [2.75, 3.05) is 36.0 Å². The molecule has 3 aromatic rings. The summed E-state index contributed by atoms with van der Waals surface area (Å²) in [6.07, 6.45) is -0.0694. The van der Waals surface area contributed by atoms with E-state index in [-0.39, 0.29) is 36.6 Å². The van der Waals surface area contributed by atoms with Crippen molar-refractivity contribution in [1.82, 2.24) is 14.7 Å². The molecule has 0 saturated carbocycles. The van der Waals surface area contributed by atoms with Gasteiger partial charge in [-0.05, 0) is 17.7 Å². The van der Waals surface area contributed by atoms with Crippen molar-refractivity contribution in [2.24, 2.45) is 0 Å². The summed E-state index contributed by atoms with van der Waals surface area (Å²) in [5.41, 5.74) is 0.281. The van der Waals surface area contributed by atoms with Gasteiger partial charge in [-0.3, -0.25) is 9.69 Å². The molecule has 1 aliphatic heterocycles. The first-order chi connectivity index (χ1) is 17.5. The number of nitrogens with zero attached hydrogens (tertiary/aromatic N) is 4. The highest BCUT2D eigenvalue weighted by molar-refractivity contribution is 7.99. The number of hydrogen-bond acceptors (Lipinski definition) is 7. The molecule has 0 unspecified atom stereocenters. The van der Waals surface area contributed by atoms with Crippen LogP contribution in [0.3, 0.4) is 0 Å². The lowest BCUT2D eigenvalue weighted by Crippen LogP contribution is -2.56. The first-order valence-electron chi connectivity index (χ1n) is 11.2. The van der Waals surface area contributed by atoms with Crippen LogP contribution in [0.25, 0.3) is 5.69 Å². The summed E-state index contributed by atoms with van der Waals surface area (Å²) in [6, 6.07) is 9.04. The molecule has 2 heterocycles. The average Bonchev–Trinajstić information content (AvgIpc) is 2.84. The van der Waals surface area contributed by atoms with Crippen LogP contribution in [0.2, 0.25) is 0 Å². The molecule has 1 fully saturated rings. The third-order valence-electron chi connectivity index (χ3n) is 5.84. The highest BCUT2D eigenvalue weighted by Gasteiger charge is 2.35. The first kappa shape index (κ1) is 26.7. The van der Waals surface area contributed by atoms with E-state index in [0.29, 0.717) is 23.5 Å². The molecule has 0 spiro atoms. The molecule has 13 heteroatoms. The standard InChI is InChI=1S/C24H23F3N4O5S/c25-18-12-17(13-19(26)22(18)27)31-5-4-21(32)20(28-31)11-15-2-1-3-16(10-15)30(23(33)34)7-6-29-8-9-37-14-24(29,35)36/h1-5,10,12-13,35-36H,6-9,11,14H2,(H,33,34). The second kappa shape index (κ2) is 10.9. The van der Waals surface area contributed by atoms with Gasteiger partial charge in [0.05, 0.1) is 11.4 Å². The smallest absolute Gasteiger partial charge is 0.411 e. The summed E-state index contributed by atoms with van der Waals surface area (Å²) in [5, 5.41) is 34.2. The molecule has 0 bridgehead atoms. The number of benzene rings is 2. The maximum absolute atomic E-state index is 13.7. The molecule has 37 heavy (non-hydrogen) atoms. The number of aliphatic hydroxyl groups is 2. The van der Waals surface area contributed by atoms with E-state index in [4.69, 9.17) is 0 Å². The minimum Gasteiger partial charge on any atom is -0.465 e. The number of thioether (sulfide) groups is 1. The molecular formula is C24H23F3N4O5S. The van der Waals surface area contributed by atoms with Crippen LogP contribution >= 0.6 is 11.8 Å². The van der Waals surface area contributed by atoms with E-state index in [1.807, 2.05) is 0 Å². The number of aromatic nitrogens is 2. The molecule has 1 amide bonds. The van der Waals surface area contributed by atoms with Crippen molar-refractivity contribution in [2.45, 2.75) is 12.3 Å². The molecule has 1 saturated heterocycles. The predicted octanol–water partition coefficient (Wildman–Crippen LogP) is 2.41. The van der Waals surface area contributed by atoms with Gasteiger partial charge in [-0.2, -0.15) is 16.9 Å². The zero-order valence-corrected chi connectivity index (χ0v) is 20.2. The minimum atomic E-state index is -2.02. The van der Waals surface area contributed by atoms with Crippen LogP contribution in [0, 0.1) is 17.5 Å². The van der Waals surface area contributed by atoms with Crippen molar-refractivity contribution < 1.29 is 33.3 Å². The molecule has 196 valence electrons. The first-order valence-corrected chi connectivity index (χ1v) is 12.3. The summed E-state index contributed by atoms with van der Waals surface area (Å²) < 4.78 is 41.7. The number of rotatable bonds is 7. The van der Waals surface area contributed by atoms with Crippen LogP contribution in [-0.4, -0.2) is 73.1 Å². The zero-order chi connectivity index (χ0) is 26.7. The van der Waals surface area contributed by atoms with Gasteiger partial charge in [-0.1, -0.05) is 12.1 Å². The second-order valence-electron chi connectivity index (χ2n) is 8.39. The number of amides is 1. The molecule has 0 atom stereocenters. The Labute approximate surface area is 213 Å². The van der Waals surface area contributed by atoms with Crippen LogP contribution < -0.4 is 10.3 Å². The van der Waals surface area contributed by atoms with E-state index >= 15 is 0 Å². The lowest BCUT2D eigenvalue weighted by Gasteiger charge is -2.39. The van der Waals surface area contributed by atoms with Crippen LogP contribution in [-0.2, 0) is 6.42 Å². The monoisotopic (exact) mass is 536 g/mol. The Morgan fingerprint density at radius 2 is 1.86 bits per heavy atom. The van der Waals surface area contributed by atoms with Crippen molar-refractivity contribution in [3.63, 3.8) is 0 Å². The van der Waals surface area contributed by atoms with Gasteiger partial charge in [-0.15, -0.1) is 0 Å². The van der Waals surface area contributed by atoms with Gasteiger partial charge in [0.1, 0.15) is 5.69 Å². The van der Waals surface area contributed by atoms with Gasteiger partial charge in [0, 0.05) is 61.9 Å². The van der Waals surface area contributed by atoms with Crippen LogP contribution in [0.15, 0.2) is 53.5 Å². The highest BCUT2D eigenvalue weighted by Crippen LogP contribution is 2.23. The summed E-state index contributed by atoms with van der Waals surface area (Å²) in [4.78, 5) is 26.8. The number of anilines is 1. The van der Waals surface area contributed by atoms with Crippen molar-refractivity contribution >= 4 is 23.5 Å². The fourth-order valence-corrected chi connectivity index (χ4v) is 4.87. The van der Waals surface area contributed by atoms with Crippen LogP contribution in [0.1, 0.15) is 11.3 Å². The van der Waals surface area contributed by atoms with Gasteiger partial charge in [-0.25, -0.2) is 27.5 Å². The van der Waals surface area contributed by atoms with Crippen molar-refractivity contribution in [1.29, 1.82) is 0 Å². The molecule has 0 radical (unpaired) electrons. The Morgan fingerprint density at radius 1 is 1.14 bits per heavy atom. The van der Waals surface area contributed by atoms with Crippen LogP contribution in [0.5, 0.6) is 0 Å².